The minimum Gasteiger partial charge on any atom is -0.343 e. The van der Waals surface area contributed by atoms with Crippen LogP contribution < -0.4 is 0 Å². The van der Waals surface area contributed by atoms with Gasteiger partial charge >= 0.3 is 20.4 Å². The normalized spacial score (nSPS) is 15.3. The summed E-state index contributed by atoms with van der Waals surface area (Å²) in [5.74, 6) is 0. The van der Waals surface area contributed by atoms with Crippen LogP contribution in [-0.2, 0) is 20.4 Å². The minimum atomic E-state index is 0. The summed E-state index contributed by atoms with van der Waals surface area (Å²) in [5, 5.41) is 0. The topological polar surface area (TPSA) is 0 Å². The van der Waals surface area contributed by atoms with E-state index in [0.29, 0.717) is 0 Å². The fourth-order valence-corrected chi connectivity index (χ4v) is 1.43. The van der Waals surface area contributed by atoms with Gasteiger partial charge in [-0.15, -0.1) is 13.2 Å². The van der Waals surface area contributed by atoms with Gasteiger partial charge < -0.3 is 13.8 Å². The molecule has 21 heavy (non-hydrogen) atoms. The number of rotatable bonds is 6. The molecule has 0 aromatic carbocycles. The van der Waals surface area contributed by atoms with E-state index in [-0.39, 0.29) is 20.4 Å². The van der Waals surface area contributed by atoms with Gasteiger partial charge in [0.15, 0.2) is 0 Å². The van der Waals surface area contributed by atoms with E-state index in [1.54, 1.807) is 0 Å². The molecule has 0 N–H and O–H groups in total. The van der Waals surface area contributed by atoms with Crippen molar-refractivity contribution in [1.29, 1.82) is 0 Å². The van der Waals surface area contributed by atoms with Crippen molar-refractivity contribution in [2.45, 2.75) is 64.2 Å². The van der Waals surface area contributed by atoms with Gasteiger partial charge in [-0.1, -0.05) is 49.3 Å². The number of unbranched alkanes of at least 4 members (excludes halogenated alkanes) is 4. The maximum atomic E-state index is 3.68. The van der Waals surface area contributed by atoms with E-state index in [9.17, 15) is 0 Å². The van der Waals surface area contributed by atoms with Gasteiger partial charge in [0.2, 0.25) is 0 Å². The third-order valence-corrected chi connectivity index (χ3v) is 2.65. The van der Waals surface area contributed by atoms with Gasteiger partial charge in [-0.2, -0.15) is 12.8 Å². The second kappa shape index (κ2) is 27.9. The molecular weight excluding hydrogens is 347 g/mol. The van der Waals surface area contributed by atoms with Crippen molar-refractivity contribution in [3.05, 3.63) is 63.5 Å². The van der Waals surface area contributed by atoms with Crippen molar-refractivity contribution in [2.75, 3.05) is 0 Å². The number of hydrogen-bond donors (Lipinski definition) is 0. The zero-order valence-electron chi connectivity index (χ0n) is 13.7. The molecule has 0 unspecified atom stereocenters. The first-order chi connectivity index (χ1) is 9.83. The second-order valence-electron chi connectivity index (χ2n) is 4.67. The maximum Gasteiger partial charge on any atom is 2.00 e. The summed E-state index contributed by atoms with van der Waals surface area (Å²) >= 11 is 0. The molecule has 0 aliphatic heterocycles. The predicted octanol–water partition coefficient (Wildman–Crippen LogP) is 7.02. The smallest absolute Gasteiger partial charge is 0.343 e. The Labute approximate surface area is 148 Å². The summed E-state index contributed by atoms with van der Waals surface area (Å²) in [6.45, 7) is 14.5. The van der Waals surface area contributed by atoms with Crippen LogP contribution in [0.5, 0.6) is 0 Å². The Kier molecular flexibility index (Phi) is 33.9. The Balaban J connectivity index is -0.000000231. The van der Waals surface area contributed by atoms with E-state index < -0.39 is 0 Å². The minimum absolute atomic E-state index is 0. The quantitative estimate of drug-likeness (QED) is 0.201. The van der Waals surface area contributed by atoms with Gasteiger partial charge in [0.1, 0.15) is 0 Å². The summed E-state index contributed by atoms with van der Waals surface area (Å²) in [7, 11) is 0. The molecule has 0 atom stereocenters. The molecule has 0 spiro atoms. The maximum absolute atomic E-state index is 3.68. The van der Waals surface area contributed by atoms with Crippen molar-refractivity contribution >= 4 is 0 Å². The Morgan fingerprint density at radius 1 is 0.714 bits per heavy atom. The molecule has 0 radical (unpaired) electrons. The number of allylic oxidation sites excluding steroid dienone is 6. The summed E-state index contributed by atoms with van der Waals surface area (Å²) in [6, 6.07) is 0. The van der Waals surface area contributed by atoms with Crippen molar-refractivity contribution < 1.29 is 20.4 Å². The molecule has 1 aliphatic carbocycles. The van der Waals surface area contributed by atoms with Crippen LogP contribution in [0.15, 0.2) is 49.6 Å². The molecule has 0 aromatic heterocycles. The van der Waals surface area contributed by atoms with Crippen molar-refractivity contribution in [1.82, 2.24) is 0 Å². The first-order valence-corrected chi connectivity index (χ1v) is 7.93. The van der Waals surface area contributed by atoms with Crippen LogP contribution in [-0.4, -0.2) is 0 Å². The predicted molar refractivity (Wildman–Crippen MR) is 95.6 cm³/mol. The average molecular weight is 381 g/mol. The molecule has 0 saturated heterocycles. The van der Waals surface area contributed by atoms with Crippen LogP contribution in [0.4, 0.5) is 0 Å². The summed E-state index contributed by atoms with van der Waals surface area (Å²) < 4.78 is 0. The molecule has 1 heteroatoms. The molecule has 124 valence electrons. The third kappa shape index (κ3) is 32.8. The molecule has 0 amide bonds. The Bertz CT molecular complexity index is 200. The molecular formula is C20H34Pd. The first kappa shape index (κ1) is 25.6. The zero-order chi connectivity index (χ0) is 15.3. The van der Waals surface area contributed by atoms with Crippen LogP contribution in [0.25, 0.3) is 0 Å². The van der Waals surface area contributed by atoms with Crippen LogP contribution in [0, 0.1) is 13.8 Å². The molecule has 0 fully saturated rings. The van der Waals surface area contributed by atoms with Gasteiger partial charge in [-0.3, -0.25) is 0 Å². The van der Waals surface area contributed by atoms with Crippen molar-refractivity contribution in [3.63, 3.8) is 0 Å². The standard InChI is InChI=1S/C8H12.2C6H11.Pd/c1-2-4-6-8-7-5-3-1;2*1-3-5-6-4-2;/h1-2,7-8H,3-6H2;2*3H,1-2,4-6H2;/q;2*-1;+2/b2-1-,8-7-;;;. The second-order valence-corrected chi connectivity index (χ2v) is 4.67. The third-order valence-electron chi connectivity index (χ3n) is 2.65. The van der Waals surface area contributed by atoms with E-state index >= 15 is 0 Å². The van der Waals surface area contributed by atoms with Crippen LogP contribution in [0.2, 0.25) is 0 Å². The number of hydrogen-bond acceptors (Lipinski definition) is 0. The van der Waals surface area contributed by atoms with Gasteiger partial charge in [-0.25, -0.2) is 0 Å². The van der Waals surface area contributed by atoms with Gasteiger partial charge in [0.25, 0.3) is 0 Å². The van der Waals surface area contributed by atoms with Gasteiger partial charge in [-0.05, 0) is 38.5 Å². The molecule has 0 nitrogen and oxygen atoms in total. The SMILES string of the molecule is C1=C\CC/C=C\CC/1.C=CCCC[CH2-].C=CCCC[CH2-].[Pd+2]. The van der Waals surface area contributed by atoms with Crippen molar-refractivity contribution in [3.8, 4) is 0 Å². The largest absolute Gasteiger partial charge is 2.00 e. The van der Waals surface area contributed by atoms with Crippen LogP contribution >= 0.6 is 0 Å². The van der Waals surface area contributed by atoms with E-state index in [1.807, 2.05) is 12.2 Å². The van der Waals surface area contributed by atoms with Gasteiger partial charge in [0, 0.05) is 0 Å². The van der Waals surface area contributed by atoms with Gasteiger partial charge in [0.05, 0.1) is 0 Å². The van der Waals surface area contributed by atoms with E-state index in [2.05, 4.69) is 51.3 Å². The molecule has 1 rings (SSSR count). The monoisotopic (exact) mass is 380 g/mol. The Morgan fingerprint density at radius 3 is 1.14 bits per heavy atom. The fourth-order valence-electron chi connectivity index (χ4n) is 1.43. The molecule has 1 aliphatic rings. The molecule has 0 heterocycles. The van der Waals surface area contributed by atoms with Crippen LogP contribution in [0.3, 0.4) is 0 Å². The Morgan fingerprint density at radius 2 is 1.00 bits per heavy atom. The van der Waals surface area contributed by atoms with E-state index in [4.69, 9.17) is 0 Å². The zero-order valence-corrected chi connectivity index (χ0v) is 15.2. The van der Waals surface area contributed by atoms with Crippen molar-refractivity contribution in [2.24, 2.45) is 0 Å². The van der Waals surface area contributed by atoms with E-state index in [1.165, 1.54) is 38.5 Å². The molecule has 0 saturated carbocycles. The Hall–Kier alpha value is -0.378. The molecule has 0 aromatic rings. The van der Waals surface area contributed by atoms with E-state index in [0.717, 1.165) is 25.7 Å². The summed E-state index contributed by atoms with van der Waals surface area (Å²) in [5.41, 5.74) is 0. The summed E-state index contributed by atoms with van der Waals surface area (Å²) in [6.07, 6.45) is 24.5. The fraction of sp³-hybridized carbons (Fsp3) is 0.500. The first-order valence-electron chi connectivity index (χ1n) is 7.93. The average Bonchev–Trinajstić information content (AvgIpc) is 2.43. The molecule has 0 bridgehead atoms. The summed E-state index contributed by atoms with van der Waals surface area (Å²) in [4.78, 5) is 0. The van der Waals surface area contributed by atoms with Crippen LogP contribution in [0.1, 0.15) is 64.2 Å².